The van der Waals surface area contributed by atoms with Crippen LogP contribution in [0.3, 0.4) is 0 Å². The zero-order valence-corrected chi connectivity index (χ0v) is 6.00. The zero-order valence-electron chi connectivity index (χ0n) is 6.00. The Balaban J connectivity index is 0.000000291. The maximum Gasteiger partial charge on any atom is 0.153 e. The number of aryl methyl sites for hydroxylation is 1. The number of nitrogens with zero attached hydrogens (tertiary/aromatic N) is 2. The smallest absolute Gasteiger partial charge is 0.153 e. The van der Waals surface area contributed by atoms with E-state index in [2.05, 4.69) is 5.10 Å². The van der Waals surface area contributed by atoms with Gasteiger partial charge < -0.3 is 5.11 Å². The summed E-state index contributed by atoms with van der Waals surface area (Å²) in [7, 11) is 1.75. The zero-order chi connectivity index (χ0) is 7.28. The van der Waals surface area contributed by atoms with Gasteiger partial charge in [-0.2, -0.15) is 5.10 Å². The molecule has 0 saturated heterocycles. The van der Waals surface area contributed by atoms with Gasteiger partial charge in [-0.3, -0.25) is 4.68 Å². The highest BCUT2D eigenvalue weighted by Gasteiger charge is 1.84. The SMILES string of the molecule is CC.Cn1cc(O)cn1. The number of hydrogen-bond donors (Lipinski definition) is 1. The number of hydrogen-bond acceptors (Lipinski definition) is 2. The van der Waals surface area contributed by atoms with Gasteiger partial charge in [0.15, 0.2) is 5.75 Å². The molecule has 0 fully saturated rings. The van der Waals surface area contributed by atoms with Crippen LogP contribution in [0.5, 0.6) is 5.75 Å². The fourth-order valence-corrected chi connectivity index (χ4v) is 0.408. The molecule has 1 rings (SSSR count). The van der Waals surface area contributed by atoms with Crippen LogP contribution in [0, 0.1) is 0 Å². The Morgan fingerprint density at radius 1 is 1.56 bits per heavy atom. The molecular formula is C6H12N2O. The van der Waals surface area contributed by atoms with E-state index in [1.807, 2.05) is 13.8 Å². The van der Waals surface area contributed by atoms with Gasteiger partial charge in [-0.05, 0) is 0 Å². The minimum absolute atomic E-state index is 0.211. The van der Waals surface area contributed by atoms with Gasteiger partial charge in [0.25, 0.3) is 0 Å². The van der Waals surface area contributed by atoms with Crippen LogP contribution >= 0.6 is 0 Å². The fourth-order valence-electron chi connectivity index (χ4n) is 0.408. The summed E-state index contributed by atoms with van der Waals surface area (Å²) in [6.45, 7) is 4.00. The molecule has 3 nitrogen and oxygen atoms in total. The Morgan fingerprint density at radius 3 is 2.22 bits per heavy atom. The summed E-state index contributed by atoms with van der Waals surface area (Å²) in [4.78, 5) is 0. The predicted octanol–water partition coefficient (Wildman–Crippen LogP) is 1.15. The number of rotatable bonds is 0. The quantitative estimate of drug-likeness (QED) is 0.569. The Hall–Kier alpha value is -0.990. The number of aromatic nitrogens is 2. The highest BCUT2D eigenvalue weighted by molar-refractivity contribution is 5.07. The lowest BCUT2D eigenvalue weighted by Gasteiger charge is -1.77. The molecule has 0 saturated carbocycles. The van der Waals surface area contributed by atoms with Gasteiger partial charge >= 0.3 is 0 Å². The molecule has 0 aromatic carbocycles. The van der Waals surface area contributed by atoms with Crippen molar-refractivity contribution >= 4 is 0 Å². The molecule has 1 N–H and O–H groups in total. The number of aromatic hydroxyl groups is 1. The third kappa shape index (κ3) is 2.74. The van der Waals surface area contributed by atoms with Crippen LogP contribution in [0.2, 0.25) is 0 Å². The van der Waals surface area contributed by atoms with Crippen molar-refractivity contribution < 1.29 is 5.11 Å². The average molecular weight is 128 g/mol. The first-order chi connectivity index (χ1) is 4.29. The first kappa shape index (κ1) is 8.01. The fraction of sp³-hybridized carbons (Fsp3) is 0.500. The van der Waals surface area contributed by atoms with Crippen molar-refractivity contribution in [1.82, 2.24) is 9.78 Å². The summed E-state index contributed by atoms with van der Waals surface area (Å²) < 4.78 is 1.54. The summed E-state index contributed by atoms with van der Waals surface area (Å²) in [6.07, 6.45) is 2.92. The van der Waals surface area contributed by atoms with Gasteiger partial charge in [-0.15, -0.1) is 0 Å². The van der Waals surface area contributed by atoms with Crippen LogP contribution in [0.25, 0.3) is 0 Å². The van der Waals surface area contributed by atoms with Crippen LogP contribution in [-0.2, 0) is 7.05 Å². The standard InChI is InChI=1S/C4H6N2O.C2H6/c1-6-3-4(7)2-5-6;1-2/h2-3,7H,1H3;1-2H3. The molecule has 0 radical (unpaired) electrons. The summed E-state index contributed by atoms with van der Waals surface area (Å²) >= 11 is 0. The van der Waals surface area contributed by atoms with E-state index in [0.29, 0.717) is 0 Å². The predicted molar refractivity (Wildman–Crippen MR) is 36.2 cm³/mol. The second kappa shape index (κ2) is 3.95. The molecule has 52 valence electrons. The molecule has 0 spiro atoms. The van der Waals surface area contributed by atoms with E-state index in [4.69, 9.17) is 5.11 Å². The largest absolute Gasteiger partial charge is 0.505 e. The molecule has 0 aliphatic heterocycles. The van der Waals surface area contributed by atoms with Gasteiger partial charge in [0.1, 0.15) is 0 Å². The Labute approximate surface area is 54.9 Å². The van der Waals surface area contributed by atoms with E-state index in [0.717, 1.165) is 0 Å². The van der Waals surface area contributed by atoms with E-state index in [1.54, 1.807) is 7.05 Å². The van der Waals surface area contributed by atoms with E-state index in [9.17, 15) is 0 Å². The topological polar surface area (TPSA) is 38.0 Å². The molecule has 1 aromatic heterocycles. The lowest BCUT2D eigenvalue weighted by molar-refractivity contribution is 0.474. The normalized spacial score (nSPS) is 7.89. The maximum absolute atomic E-state index is 8.57. The molecule has 1 heterocycles. The molecule has 0 aliphatic carbocycles. The minimum atomic E-state index is 0.211. The van der Waals surface area contributed by atoms with E-state index >= 15 is 0 Å². The molecule has 0 aliphatic rings. The van der Waals surface area contributed by atoms with Crippen molar-refractivity contribution in [3.8, 4) is 5.75 Å². The summed E-state index contributed by atoms with van der Waals surface area (Å²) in [6, 6.07) is 0. The molecule has 0 bridgehead atoms. The lowest BCUT2D eigenvalue weighted by atomic mass is 10.7. The van der Waals surface area contributed by atoms with Crippen LogP contribution in [0.15, 0.2) is 12.4 Å². The average Bonchev–Trinajstić information content (AvgIpc) is 2.20. The highest BCUT2D eigenvalue weighted by atomic mass is 16.3. The van der Waals surface area contributed by atoms with E-state index in [-0.39, 0.29) is 5.75 Å². The summed E-state index contributed by atoms with van der Waals surface area (Å²) in [5.74, 6) is 0.211. The lowest BCUT2D eigenvalue weighted by Crippen LogP contribution is -1.83. The molecule has 3 heteroatoms. The molecular weight excluding hydrogens is 116 g/mol. The van der Waals surface area contributed by atoms with Crippen LogP contribution in [0.1, 0.15) is 13.8 Å². The van der Waals surface area contributed by atoms with Gasteiger partial charge in [0.2, 0.25) is 0 Å². The third-order valence-corrected chi connectivity index (χ3v) is 0.691. The van der Waals surface area contributed by atoms with E-state index in [1.165, 1.54) is 17.1 Å². The molecule has 0 unspecified atom stereocenters. The molecule has 0 atom stereocenters. The minimum Gasteiger partial charge on any atom is -0.505 e. The highest BCUT2D eigenvalue weighted by Crippen LogP contribution is 2.00. The van der Waals surface area contributed by atoms with Crippen molar-refractivity contribution in [2.45, 2.75) is 13.8 Å². The van der Waals surface area contributed by atoms with Crippen molar-refractivity contribution in [2.75, 3.05) is 0 Å². The third-order valence-electron chi connectivity index (χ3n) is 0.691. The Morgan fingerprint density at radius 2 is 2.11 bits per heavy atom. The summed E-state index contributed by atoms with van der Waals surface area (Å²) in [5.41, 5.74) is 0. The van der Waals surface area contributed by atoms with Crippen molar-refractivity contribution in [2.24, 2.45) is 7.05 Å². The molecule has 1 aromatic rings. The first-order valence-electron chi connectivity index (χ1n) is 2.96. The van der Waals surface area contributed by atoms with Crippen LogP contribution in [0.4, 0.5) is 0 Å². The van der Waals surface area contributed by atoms with E-state index < -0.39 is 0 Å². The van der Waals surface area contributed by atoms with Gasteiger partial charge in [-0.1, -0.05) is 13.8 Å². The maximum atomic E-state index is 8.57. The Bertz CT molecular complexity index is 143. The van der Waals surface area contributed by atoms with Gasteiger partial charge in [-0.25, -0.2) is 0 Å². The Kier molecular flexibility index (Phi) is 3.51. The monoisotopic (exact) mass is 128 g/mol. The van der Waals surface area contributed by atoms with Gasteiger partial charge in [0, 0.05) is 7.05 Å². The van der Waals surface area contributed by atoms with Crippen molar-refractivity contribution in [1.29, 1.82) is 0 Å². The van der Waals surface area contributed by atoms with Crippen molar-refractivity contribution in [3.05, 3.63) is 12.4 Å². The molecule has 0 amide bonds. The second-order valence-corrected chi connectivity index (χ2v) is 1.37. The van der Waals surface area contributed by atoms with Crippen LogP contribution in [-0.4, -0.2) is 14.9 Å². The van der Waals surface area contributed by atoms with Gasteiger partial charge in [0.05, 0.1) is 12.4 Å². The van der Waals surface area contributed by atoms with Crippen LogP contribution < -0.4 is 0 Å². The first-order valence-corrected chi connectivity index (χ1v) is 2.96. The second-order valence-electron chi connectivity index (χ2n) is 1.37. The summed E-state index contributed by atoms with van der Waals surface area (Å²) in [5, 5.41) is 12.3. The molecule has 9 heavy (non-hydrogen) atoms. The van der Waals surface area contributed by atoms with Crippen molar-refractivity contribution in [3.63, 3.8) is 0 Å².